The van der Waals surface area contributed by atoms with Crippen molar-refractivity contribution in [1.82, 2.24) is 10.3 Å². The smallest absolute Gasteiger partial charge is 0.196 e. The van der Waals surface area contributed by atoms with E-state index in [0.717, 1.165) is 49.0 Å². The zero-order valence-corrected chi connectivity index (χ0v) is 12.9. The number of benzene rings is 1. The van der Waals surface area contributed by atoms with E-state index >= 15 is 0 Å². The highest BCUT2D eigenvalue weighted by Gasteiger charge is 2.15. The van der Waals surface area contributed by atoms with E-state index in [0.29, 0.717) is 0 Å². The average Bonchev–Trinajstić information content (AvgIpc) is 3.04. The van der Waals surface area contributed by atoms with E-state index in [1.54, 1.807) is 0 Å². The van der Waals surface area contributed by atoms with Gasteiger partial charge in [-0.2, -0.15) is 0 Å². The Kier molecular flexibility index (Phi) is 3.72. The summed E-state index contributed by atoms with van der Waals surface area (Å²) in [7, 11) is 0. The topological polar surface area (TPSA) is 47.3 Å². The third-order valence-electron chi connectivity index (χ3n) is 3.52. The Hall–Kier alpha value is -1.81. The lowest BCUT2D eigenvalue weighted by atomic mass is 10.1. The molecule has 112 valence electrons. The quantitative estimate of drug-likeness (QED) is 0.937. The zero-order chi connectivity index (χ0) is 14.9. The molecular formula is C17H22N2O2. The lowest BCUT2D eigenvalue weighted by Crippen LogP contribution is -2.37. The molecule has 0 spiro atoms. The molecule has 0 fully saturated rings. The van der Waals surface area contributed by atoms with Gasteiger partial charge in [0.2, 0.25) is 0 Å². The molecule has 1 N–H and O–H groups in total. The predicted octanol–water partition coefficient (Wildman–Crippen LogP) is 3.21. The minimum atomic E-state index is 0.120. The summed E-state index contributed by atoms with van der Waals surface area (Å²) < 4.78 is 11.4. The maximum absolute atomic E-state index is 5.85. The van der Waals surface area contributed by atoms with E-state index in [4.69, 9.17) is 9.15 Å². The van der Waals surface area contributed by atoms with Gasteiger partial charge < -0.3 is 14.5 Å². The van der Waals surface area contributed by atoms with Crippen molar-refractivity contribution in [3.63, 3.8) is 0 Å². The van der Waals surface area contributed by atoms with Crippen molar-refractivity contribution >= 4 is 0 Å². The number of rotatable bonds is 4. The van der Waals surface area contributed by atoms with Gasteiger partial charge in [-0.25, -0.2) is 4.98 Å². The summed E-state index contributed by atoms with van der Waals surface area (Å²) in [5.41, 5.74) is 2.44. The Morgan fingerprint density at radius 1 is 1.29 bits per heavy atom. The molecule has 1 aliphatic rings. The molecular weight excluding hydrogens is 264 g/mol. The third kappa shape index (κ3) is 3.45. The second-order valence-corrected chi connectivity index (χ2v) is 6.47. The summed E-state index contributed by atoms with van der Waals surface area (Å²) >= 11 is 0. The Balaban J connectivity index is 1.67. The fraction of sp³-hybridized carbons (Fsp3) is 0.471. The van der Waals surface area contributed by atoms with Crippen LogP contribution in [0.3, 0.4) is 0 Å². The maximum Gasteiger partial charge on any atom is 0.196 e. The van der Waals surface area contributed by atoms with Crippen molar-refractivity contribution in [2.24, 2.45) is 0 Å². The lowest BCUT2D eigenvalue weighted by Gasteiger charge is -2.19. The first-order valence-corrected chi connectivity index (χ1v) is 7.47. The van der Waals surface area contributed by atoms with Crippen LogP contribution < -0.4 is 10.1 Å². The summed E-state index contributed by atoms with van der Waals surface area (Å²) in [6, 6.07) is 6.18. The van der Waals surface area contributed by atoms with Crippen LogP contribution in [0.25, 0.3) is 11.3 Å². The largest absolute Gasteiger partial charge is 0.493 e. The minimum absolute atomic E-state index is 0.120. The molecule has 4 heteroatoms. The first kappa shape index (κ1) is 14.1. The third-order valence-corrected chi connectivity index (χ3v) is 3.52. The van der Waals surface area contributed by atoms with Crippen LogP contribution in [0.5, 0.6) is 5.75 Å². The number of hydrogen-bond donors (Lipinski definition) is 1. The number of nitrogens with zero attached hydrogens (tertiary/aromatic N) is 1. The highest BCUT2D eigenvalue weighted by atomic mass is 16.5. The van der Waals surface area contributed by atoms with Crippen LogP contribution in [0.1, 0.15) is 32.2 Å². The van der Waals surface area contributed by atoms with Crippen LogP contribution in [0.2, 0.25) is 0 Å². The fourth-order valence-corrected chi connectivity index (χ4v) is 2.44. The molecule has 0 saturated heterocycles. The summed E-state index contributed by atoms with van der Waals surface area (Å²) in [5, 5.41) is 3.44. The van der Waals surface area contributed by atoms with Crippen molar-refractivity contribution < 1.29 is 9.15 Å². The van der Waals surface area contributed by atoms with Gasteiger partial charge in [0.05, 0.1) is 12.8 Å². The molecule has 0 bridgehead atoms. The van der Waals surface area contributed by atoms with Crippen molar-refractivity contribution in [3.8, 4) is 17.1 Å². The van der Waals surface area contributed by atoms with Crippen LogP contribution in [0, 0.1) is 0 Å². The van der Waals surface area contributed by atoms with E-state index in [-0.39, 0.29) is 5.54 Å². The zero-order valence-electron chi connectivity index (χ0n) is 12.9. The van der Waals surface area contributed by atoms with Crippen molar-refractivity contribution in [3.05, 3.63) is 35.9 Å². The molecule has 3 rings (SSSR count). The Bertz CT molecular complexity index is 626. The van der Waals surface area contributed by atoms with Crippen LogP contribution in [0.4, 0.5) is 0 Å². The molecule has 21 heavy (non-hydrogen) atoms. The molecule has 0 atom stereocenters. The Labute approximate surface area is 125 Å². The van der Waals surface area contributed by atoms with Gasteiger partial charge in [0, 0.05) is 30.5 Å². The predicted molar refractivity (Wildman–Crippen MR) is 82.6 cm³/mol. The van der Waals surface area contributed by atoms with Gasteiger partial charge in [-0.15, -0.1) is 0 Å². The monoisotopic (exact) mass is 286 g/mol. The Morgan fingerprint density at radius 3 is 2.95 bits per heavy atom. The summed E-state index contributed by atoms with van der Waals surface area (Å²) in [4.78, 5) is 4.37. The highest BCUT2D eigenvalue weighted by molar-refractivity contribution is 5.60. The molecule has 0 saturated carbocycles. The van der Waals surface area contributed by atoms with E-state index in [1.807, 2.05) is 18.3 Å². The molecule has 0 amide bonds. The van der Waals surface area contributed by atoms with E-state index in [9.17, 15) is 0 Å². The molecule has 2 heterocycles. The SMILES string of the molecule is CC(C)(C)NCCc1ncc(-c2ccc3c(c2)CCO3)o1. The maximum atomic E-state index is 5.85. The van der Waals surface area contributed by atoms with Gasteiger partial charge in [-0.1, -0.05) is 0 Å². The number of hydrogen-bond acceptors (Lipinski definition) is 4. The molecule has 0 radical (unpaired) electrons. The minimum Gasteiger partial charge on any atom is -0.493 e. The first-order chi connectivity index (χ1) is 10.0. The van der Waals surface area contributed by atoms with Crippen molar-refractivity contribution in [2.45, 2.75) is 39.2 Å². The van der Waals surface area contributed by atoms with Gasteiger partial charge >= 0.3 is 0 Å². The van der Waals surface area contributed by atoms with E-state index in [1.165, 1.54) is 5.56 Å². The molecule has 1 aliphatic heterocycles. The van der Waals surface area contributed by atoms with Gasteiger partial charge in [0.25, 0.3) is 0 Å². The van der Waals surface area contributed by atoms with E-state index < -0.39 is 0 Å². The van der Waals surface area contributed by atoms with Gasteiger partial charge in [-0.3, -0.25) is 0 Å². The molecule has 0 unspecified atom stereocenters. The number of ether oxygens (including phenoxy) is 1. The molecule has 0 aliphatic carbocycles. The van der Waals surface area contributed by atoms with Crippen LogP contribution in [-0.2, 0) is 12.8 Å². The Morgan fingerprint density at radius 2 is 2.14 bits per heavy atom. The van der Waals surface area contributed by atoms with Crippen molar-refractivity contribution in [1.29, 1.82) is 0 Å². The normalized spacial score (nSPS) is 14.0. The van der Waals surface area contributed by atoms with Gasteiger partial charge in [0.15, 0.2) is 11.7 Å². The van der Waals surface area contributed by atoms with Gasteiger partial charge in [0.1, 0.15) is 5.75 Å². The number of aromatic nitrogens is 1. The number of oxazole rings is 1. The summed E-state index contributed by atoms with van der Waals surface area (Å²) in [6.45, 7) is 8.10. The number of nitrogens with one attached hydrogen (secondary N) is 1. The van der Waals surface area contributed by atoms with E-state index in [2.05, 4.69) is 37.1 Å². The van der Waals surface area contributed by atoms with Gasteiger partial charge in [-0.05, 0) is 44.5 Å². The first-order valence-electron chi connectivity index (χ1n) is 7.47. The van der Waals surface area contributed by atoms with Crippen LogP contribution in [-0.4, -0.2) is 23.7 Å². The highest BCUT2D eigenvalue weighted by Crippen LogP contribution is 2.30. The van der Waals surface area contributed by atoms with Crippen LogP contribution >= 0.6 is 0 Å². The lowest BCUT2D eigenvalue weighted by molar-refractivity contribution is 0.357. The molecule has 2 aromatic rings. The molecule has 1 aromatic carbocycles. The fourth-order valence-electron chi connectivity index (χ4n) is 2.44. The number of fused-ring (bicyclic) bond motifs is 1. The molecule has 4 nitrogen and oxygen atoms in total. The second-order valence-electron chi connectivity index (χ2n) is 6.47. The standard InChI is InChI=1S/C17H22N2O2/c1-17(2,3)19-8-6-16-18-11-15(21-16)12-4-5-14-13(10-12)7-9-20-14/h4-5,10-11,19H,6-9H2,1-3H3. The molecule has 1 aromatic heterocycles. The summed E-state index contributed by atoms with van der Waals surface area (Å²) in [6.07, 6.45) is 3.58. The van der Waals surface area contributed by atoms with Crippen LogP contribution in [0.15, 0.2) is 28.8 Å². The van der Waals surface area contributed by atoms with Crippen molar-refractivity contribution in [2.75, 3.05) is 13.2 Å². The second kappa shape index (κ2) is 5.53. The summed E-state index contributed by atoms with van der Waals surface area (Å²) in [5.74, 6) is 2.60. The average molecular weight is 286 g/mol.